The molecule has 0 saturated heterocycles. The van der Waals surface area contributed by atoms with E-state index < -0.39 is 17.5 Å². The monoisotopic (exact) mass is 469 g/mol. The minimum Gasteiger partial charge on any atom is -0.350 e. The lowest BCUT2D eigenvalue weighted by molar-refractivity contribution is -0.122. The number of carbonyl (C=O) groups excluding carboxylic acids is 1. The topological polar surface area (TPSA) is 72.7 Å². The van der Waals surface area contributed by atoms with Crippen molar-refractivity contribution in [3.63, 3.8) is 0 Å². The second-order valence-electron chi connectivity index (χ2n) is 8.11. The van der Waals surface area contributed by atoms with Crippen LogP contribution in [0.1, 0.15) is 11.3 Å². The van der Waals surface area contributed by atoms with Gasteiger partial charge in [0, 0.05) is 41.1 Å². The molecule has 174 valence electrons. The first-order valence-corrected chi connectivity index (χ1v) is 11.0. The van der Waals surface area contributed by atoms with Gasteiger partial charge in [0.2, 0.25) is 5.91 Å². The Morgan fingerprint density at radius 3 is 2.51 bits per heavy atom. The third kappa shape index (κ3) is 4.63. The van der Waals surface area contributed by atoms with E-state index in [1.807, 2.05) is 55.5 Å². The Balaban J connectivity index is 1.49. The van der Waals surface area contributed by atoms with E-state index in [-0.39, 0.29) is 18.7 Å². The van der Waals surface area contributed by atoms with Crippen molar-refractivity contribution in [3.8, 4) is 22.5 Å². The maximum atomic E-state index is 13.9. The summed E-state index contributed by atoms with van der Waals surface area (Å²) in [6.07, 6.45) is 3.52. The highest BCUT2D eigenvalue weighted by molar-refractivity contribution is 5.97. The lowest BCUT2D eigenvalue weighted by atomic mass is 10.0. The Morgan fingerprint density at radius 1 is 0.943 bits per heavy atom. The van der Waals surface area contributed by atoms with E-state index >= 15 is 0 Å². The minimum absolute atomic E-state index is 0.127. The van der Waals surface area contributed by atoms with Crippen LogP contribution >= 0.6 is 0 Å². The average Bonchev–Trinajstić information content (AvgIpc) is 3.27. The predicted molar refractivity (Wildman–Crippen MR) is 129 cm³/mol. The van der Waals surface area contributed by atoms with Gasteiger partial charge < -0.3 is 5.32 Å². The smallest absolute Gasteiger partial charge is 0.242 e. The number of aryl methyl sites for hydroxylation is 1. The first-order valence-electron chi connectivity index (χ1n) is 11.0. The number of rotatable bonds is 6. The number of nitrogens with one attached hydrogen (secondary N) is 1. The first-order chi connectivity index (χ1) is 17.0. The van der Waals surface area contributed by atoms with Crippen LogP contribution in [-0.4, -0.2) is 25.7 Å². The van der Waals surface area contributed by atoms with Gasteiger partial charge in [0.1, 0.15) is 23.9 Å². The van der Waals surface area contributed by atoms with Gasteiger partial charge in [0.15, 0.2) is 0 Å². The largest absolute Gasteiger partial charge is 0.350 e. The summed E-state index contributed by atoms with van der Waals surface area (Å²) >= 11 is 0. The zero-order valence-electron chi connectivity index (χ0n) is 18.9. The van der Waals surface area contributed by atoms with E-state index in [0.29, 0.717) is 11.4 Å². The van der Waals surface area contributed by atoms with Gasteiger partial charge in [-0.15, -0.1) is 0 Å². The van der Waals surface area contributed by atoms with Crippen molar-refractivity contribution in [2.45, 2.75) is 20.0 Å². The highest BCUT2D eigenvalue weighted by Crippen LogP contribution is 2.34. The molecule has 0 aliphatic heterocycles. The predicted octanol–water partition coefficient (Wildman–Crippen LogP) is 5.06. The number of para-hydroxylation sites is 1. The van der Waals surface area contributed by atoms with E-state index in [1.165, 1.54) is 10.7 Å². The maximum Gasteiger partial charge on any atom is 0.242 e. The summed E-state index contributed by atoms with van der Waals surface area (Å²) in [7, 11) is 0. The Hall–Kier alpha value is -4.46. The van der Waals surface area contributed by atoms with Crippen molar-refractivity contribution in [2.24, 2.45) is 0 Å². The highest BCUT2D eigenvalue weighted by atomic mass is 19.1. The van der Waals surface area contributed by atoms with Gasteiger partial charge in [-0.2, -0.15) is 5.10 Å². The van der Waals surface area contributed by atoms with Crippen molar-refractivity contribution >= 4 is 16.8 Å². The fourth-order valence-corrected chi connectivity index (χ4v) is 3.99. The maximum absolute atomic E-state index is 13.9. The van der Waals surface area contributed by atoms with Crippen molar-refractivity contribution in [3.05, 3.63) is 102 Å². The van der Waals surface area contributed by atoms with E-state index in [2.05, 4.69) is 20.4 Å². The molecule has 2 aromatic carbocycles. The van der Waals surface area contributed by atoms with Crippen LogP contribution in [0.25, 0.3) is 33.4 Å². The van der Waals surface area contributed by atoms with E-state index in [1.54, 1.807) is 12.4 Å². The number of aromatic nitrogens is 4. The third-order valence-corrected chi connectivity index (χ3v) is 5.66. The molecule has 5 aromatic rings. The molecule has 0 radical (unpaired) electrons. The number of fused-ring (bicyclic) bond motifs is 1. The van der Waals surface area contributed by atoms with Gasteiger partial charge in [-0.05, 0) is 48.9 Å². The lowest BCUT2D eigenvalue weighted by Crippen LogP contribution is -2.28. The van der Waals surface area contributed by atoms with Crippen molar-refractivity contribution < 1.29 is 13.6 Å². The zero-order chi connectivity index (χ0) is 24.4. The molecule has 0 spiro atoms. The molecule has 0 aliphatic rings. The molecule has 35 heavy (non-hydrogen) atoms. The molecule has 6 nitrogen and oxygen atoms in total. The summed E-state index contributed by atoms with van der Waals surface area (Å²) in [4.78, 5) is 21.7. The molecule has 0 saturated carbocycles. The second kappa shape index (κ2) is 9.42. The van der Waals surface area contributed by atoms with Crippen molar-refractivity contribution in [1.82, 2.24) is 25.1 Å². The zero-order valence-corrected chi connectivity index (χ0v) is 18.9. The SMILES string of the molecule is Cc1cccc(-c2nn(CC(=O)NCc3c(F)cccc3F)cc2-c2ccnc3ccccc23)n1. The van der Waals surface area contributed by atoms with E-state index in [0.717, 1.165) is 39.9 Å². The average molecular weight is 469 g/mol. The van der Waals surface area contributed by atoms with Crippen molar-refractivity contribution in [2.75, 3.05) is 0 Å². The number of benzene rings is 2. The van der Waals surface area contributed by atoms with Gasteiger partial charge in [-0.1, -0.05) is 30.3 Å². The summed E-state index contributed by atoms with van der Waals surface area (Å²) in [6.45, 7) is 1.52. The normalized spacial score (nSPS) is 11.1. The van der Waals surface area contributed by atoms with Gasteiger partial charge >= 0.3 is 0 Å². The Kier molecular flexibility index (Phi) is 6.01. The molecule has 0 atom stereocenters. The molecule has 3 heterocycles. The highest BCUT2D eigenvalue weighted by Gasteiger charge is 2.18. The van der Waals surface area contributed by atoms with Crippen LogP contribution in [0.5, 0.6) is 0 Å². The third-order valence-electron chi connectivity index (χ3n) is 5.66. The fraction of sp³-hybridized carbons (Fsp3) is 0.111. The van der Waals surface area contributed by atoms with Crippen LogP contribution in [0.15, 0.2) is 79.1 Å². The number of carbonyl (C=O) groups is 1. The van der Waals surface area contributed by atoms with Crippen LogP contribution < -0.4 is 5.32 Å². The van der Waals surface area contributed by atoms with E-state index in [4.69, 9.17) is 0 Å². The van der Waals surface area contributed by atoms with Crippen LogP contribution in [0.2, 0.25) is 0 Å². The second-order valence-corrected chi connectivity index (χ2v) is 8.11. The molecular weight excluding hydrogens is 448 g/mol. The van der Waals surface area contributed by atoms with Crippen LogP contribution in [0.4, 0.5) is 8.78 Å². The Bertz CT molecular complexity index is 1520. The first kappa shape index (κ1) is 22.3. The lowest BCUT2D eigenvalue weighted by Gasteiger charge is -2.07. The molecule has 3 aromatic heterocycles. The van der Waals surface area contributed by atoms with Gasteiger partial charge in [0.05, 0.1) is 11.2 Å². The summed E-state index contributed by atoms with van der Waals surface area (Å²) in [6, 6.07) is 19.0. The standard InChI is InChI=1S/C27H21F2N5O/c1-17-6-4-11-25(32-17)27-21(18-12-13-30-24-10-3-2-7-19(18)24)15-34(33-27)16-26(35)31-14-20-22(28)8-5-9-23(20)29/h2-13,15H,14,16H2,1H3,(H,31,35). The number of amides is 1. The van der Waals surface area contributed by atoms with E-state index in [9.17, 15) is 13.6 Å². The molecule has 0 fully saturated rings. The fourth-order valence-electron chi connectivity index (χ4n) is 3.99. The Labute approximate surface area is 200 Å². The summed E-state index contributed by atoms with van der Waals surface area (Å²) in [5.74, 6) is -1.84. The quantitative estimate of drug-likeness (QED) is 0.377. The molecule has 0 unspecified atom stereocenters. The molecule has 0 bridgehead atoms. The molecule has 1 N–H and O–H groups in total. The molecule has 8 heteroatoms. The van der Waals surface area contributed by atoms with Gasteiger partial charge in [-0.25, -0.2) is 8.78 Å². The Morgan fingerprint density at radius 2 is 1.71 bits per heavy atom. The number of hydrogen-bond donors (Lipinski definition) is 1. The van der Waals surface area contributed by atoms with Gasteiger partial charge in [-0.3, -0.25) is 19.4 Å². The summed E-state index contributed by atoms with van der Waals surface area (Å²) in [5, 5.41) is 8.18. The van der Waals surface area contributed by atoms with Crippen LogP contribution in [0, 0.1) is 18.6 Å². The number of hydrogen-bond acceptors (Lipinski definition) is 4. The summed E-state index contributed by atoms with van der Waals surface area (Å²) in [5.41, 5.74) is 4.50. The number of halogens is 2. The molecular formula is C27H21F2N5O. The molecule has 5 rings (SSSR count). The summed E-state index contributed by atoms with van der Waals surface area (Å²) < 4.78 is 29.3. The number of nitrogens with zero attached hydrogens (tertiary/aromatic N) is 4. The van der Waals surface area contributed by atoms with Crippen molar-refractivity contribution in [1.29, 1.82) is 0 Å². The van der Waals surface area contributed by atoms with Crippen LogP contribution in [-0.2, 0) is 17.9 Å². The van der Waals surface area contributed by atoms with Crippen LogP contribution in [0.3, 0.4) is 0 Å². The van der Waals surface area contributed by atoms with Gasteiger partial charge in [0.25, 0.3) is 0 Å². The molecule has 0 aliphatic carbocycles. The molecule has 1 amide bonds. The minimum atomic E-state index is -0.705. The number of pyridine rings is 2.